The van der Waals surface area contributed by atoms with Gasteiger partial charge < -0.3 is 4.90 Å². The first-order chi connectivity index (χ1) is 7.60. The van der Waals surface area contributed by atoms with Gasteiger partial charge in [0.2, 0.25) is 0 Å². The second-order valence-electron chi connectivity index (χ2n) is 3.90. The van der Waals surface area contributed by atoms with E-state index in [1.165, 1.54) is 6.07 Å². The third kappa shape index (κ3) is 2.71. The third-order valence-corrected chi connectivity index (χ3v) is 2.41. The van der Waals surface area contributed by atoms with Crippen LogP contribution >= 0.6 is 0 Å². The molecule has 0 aliphatic rings. The van der Waals surface area contributed by atoms with Crippen molar-refractivity contribution in [1.29, 1.82) is 5.26 Å². The summed E-state index contributed by atoms with van der Waals surface area (Å²) in [5.74, 6) is -0.286. The predicted molar refractivity (Wildman–Crippen MR) is 62.1 cm³/mol. The van der Waals surface area contributed by atoms with E-state index in [4.69, 9.17) is 5.26 Å². The highest BCUT2D eigenvalue weighted by atomic mass is 19.1. The van der Waals surface area contributed by atoms with Crippen LogP contribution in [0.2, 0.25) is 0 Å². The van der Waals surface area contributed by atoms with Gasteiger partial charge in [0.15, 0.2) is 5.82 Å². The second kappa shape index (κ2) is 5.47. The number of benzene rings is 1. The second-order valence-corrected chi connectivity index (χ2v) is 3.90. The minimum absolute atomic E-state index is 0.286. The summed E-state index contributed by atoms with van der Waals surface area (Å²) in [4.78, 5) is 2.36. The summed E-state index contributed by atoms with van der Waals surface area (Å²) in [5, 5.41) is 8.96. The first-order valence-electron chi connectivity index (χ1n) is 5.33. The SMILES string of the molecule is CCC[NH+](C#N)c1ccc(N(C)C)c(F)c1. The van der Waals surface area contributed by atoms with Crippen LogP contribution in [0.3, 0.4) is 0 Å². The third-order valence-electron chi connectivity index (χ3n) is 2.41. The van der Waals surface area contributed by atoms with Gasteiger partial charge in [-0.2, -0.15) is 0 Å². The Bertz CT molecular complexity index is 396. The molecule has 1 aromatic rings. The fraction of sp³-hybridized carbons (Fsp3) is 0.417. The Balaban J connectivity index is 3.00. The molecule has 1 aromatic carbocycles. The lowest BCUT2D eigenvalue weighted by atomic mass is 10.2. The number of halogens is 1. The largest absolute Gasteiger partial charge is 0.375 e. The zero-order valence-corrected chi connectivity index (χ0v) is 9.92. The Morgan fingerprint density at radius 1 is 1.44 bits per heavy atom. The average molecular weight is 222 g/mol. The Morgan fingerprint density at radius 3 is 2.56 bits per heavy atom. The van der Waals surface area contributed by atoms with Crippen LogP contribution in [0.25, 0.3) is 0 Å². The van der Waals surface area contributed by atoms with E-state index >= 15 is 0 Å². The van der Waals surface area contributed by atoms with Crippen LogP contribution in [-0.2, 0) is 0 Å². The monoisotopic (exact) mass is 222 g/mol. The van der Waals surface area contributed by atoms with E-state index < -0.39 is 0 Å². The molecule has 0 amide bonds. The van der Waals surface area contributed by atoms with Crippen LogP contribution in [0.15, 0.2) is 18.2 Å². The lowest BCUT2D eigenvalue weighted by Gasteiger charge is -2.15. The smallest absolute Gasteiger partial charge is 0.312 e. The fourth-order valence-electron chi connectivity index (χ4n) is 1.57. The quantitative estimate of drug-likeness (QED) is 0.779. The molecular weight excluding hydrogens is 205 g/mol. The Kier molecular flexibility index (Phi) is 4.27. The standard InChI is InChI=1S/C12H16FN3/c1-4-7-16(9-14)10-5-6-12(15(2)3)11(13)8-10/h5-6,8H,4,7H2,1-3H3/p+1. The van der Waals surface area contributed by atoms with E-state index in [1.54, 1.807) is 31.1 Å². The van der Waals surface area contributed by atoms with Gasteiger partial charge in [-0.05, 0) is 12.5 Å². The van der Waals surface area contributed by atoms with Crippen molar-refractivity contribution in [2.75, 3.05) is 25.5 Å². The van der Waals surface area contributed by atoms with E-state index in [2.05, 4.69) is 6.19 Å². The summed E-state index contributed by atoms with van der Waals surface area (Å²) < 4.78 is 13.7. The number of anilines is 1. The first kappa shape index (κ1) is 12.5. The summed E-state index contributed by atoms with van der Waals surface area (Å²) in [7, 11) is 3.58. The van der Waals surface area contributed by atoms with Gasteiger partial charge in [0.1, 0.15) is 5.69 Å². The van der Waals surface area contributed by atoms with E-state index in [-0.39, 0.29) is 5.82 Å². The average Bonchev–Trinajstić information content (AvgIpc) is 2.25. The van der Waals surface area contributed by atoms with Crippen molar-refractivity contribution in [2.24, 2.45) is 0 Å². The molecule has 0 saturated carbocycles. The molecule has 0 aliphatic carbocycles. The maximum atomic E-state index is 13.7. The van der Waals surface area contributed by atoms with Crippen molar-refractivity contribution >= 4 is 11.4 Å². The van der Waals surface area contributed by atoms with Gasteiger partial charge >= 0.3 is 6.19 Å². The number of hydrogen-bond donors (Lipinski definition) is 1. The van der Waals surface area contributed by atoms with Crippen molar-refractivity contribution < 1.29 is 9.29 Å². The van der Waals surface area contributed by atoms with E-state index in [0.717, 1.165) is 6.42 Å². The number of nitrogens with one attached hydrogen (secondary N) is 1. The molecule has 1 N–H and O–H groups in total. The lowest BCUT2D eigenvalue weighted by molar-refractivity contribution is -0.759. The topological polar surface area (TPSA) is 31.5 Å². The molecule has 0 heterocycles. The summed E-state index contributed by atoms with van der Waals surface area (Å²) in [6, 6.07) is 4.94. The van der Waals surface area contributed by atoms with Gasteiger partial charge in [-0.1, -0.05) is 6.92 Å². The first-order valence-corrected chi connectivity index (χ1v) is 5.33. The highest BCUT2D eigenvalue weighted by Gasteiger charge is 2.14. The Hall–Kier alpha value is -1.60. The van der Waals surface area contributed by atoms with Crippen LogP contribution in [0.4, 0.5) is 15.8 Å². The molecular formula is C12H17FN3+. The molecule has 3 nitrogen and oxygen atoms in total. The number of rotatable bonds is 4. The van der Waals surface area contributed by atoms with Crippen LogP contribution < -0.4 is 9.80 Å². The van der Waals surface area contributed by atoms with Crippen LogP contribution in [-0.4, -0.2) is 20.6 Å². The van der Waals surface area contributed by atoms with Gasteiger partial charge in [-0.15, -0.1) is 5.26 Å². The van der Waals surface area contributed by atoms with Crippen LogP contribution in [0, 0.1) is 17.3 Å². The summed E-state index contributed by atoms with van der Waals surface area (Å²) >= 11 is 0. The molecule has 0 spiro atoms. The molecule has 1 unspecified atom stereocenters. The van der Waals surface area contributed by atoms with Crippen molar-refractivity contribution in [3.8, 4) is 6.19 Å². The number of hydrogen-bond acceptors (Lipinski definition) is 2. The molecule has 0 fully saturated rings. The van der Waals surface area contributed by atoms with Crippen molar-refractivity contribution in [3.63, 3.8) is 0 Å². The molecule has 0 aromatic heterocycles. The number of quaternary nitrogens is 1. The minimum atomic E-state index is -0.286. The summed E-state index contributed by atoms with van der Waals surface area (Å²) in [5.41, 5.74) is 1.23. The molecule has 16 heavy (non-hydrogen) atoms. The predicted octanol–water partition coefficient (Wildman–Crippen LogP) is 1.30. The van der Waals surface area contributed by atoms with Crippen LogP contribution in [0.1, 0.15) is 13.3 Å². The van der Waals surface area contributed by atoms with Crippen molar-refractivity contribution in [1.82, 2.24) is 0 Å². The molecule has 86 valence electrons. The molecule has 1 atom stereocenters. The highest BCUT2D eigenvalue weighted by Crippen LogP contribution is 2.18. The highest BCUT2D eigenvalue weighted by molar-refractivity contribution is 5.51. The van der Waals surface area contributed by atoms with Crippen molar-refractivity contribution in [2.45, 2.75) is 13.3 Å². The summed E-state index contributed by atoms with van der Waals surface area (Å²) in [6.45, 7) is 2.69. The van der Waals surface area contributed by atoms with Crippen LogP contribution in [0.5, 0.6) is 0 Å². The zero-order valence-electron chi connectivity index (χ0n) is 9.92. The van der Waals surface area contributed by atoms with Gasteiger partial charge in [-0.25, -0.2) is 9.29 Å². The van der Waals surface area contributed by atoms with E-state index in [1.807, 2.05) is 6.92 Å². The van der Waals surface area contributed by atoms with Gasteiger partial charge in [0, 0.05) is 26.2 Å². The molecule has 0 aliphatic heterocycles. The molecule has 1 rings (SSSR count). The molecule has 4 heteroatoms. The van der Waals surface area contributed by atoms with Gasteiger partial charge in [0.05, 0.1) is 12.2 Å². The fourth-order valence-corrected chi connectivity index (χ4v) is 1.57. The maximum Gasteiger partial charge on any atom is 0.312 e. The number of nitriles is 1. The Labute approximate surface area is 95.7 Å². The Morgan fingerprint density at radius 2 is 2.12 bits per heavy atom. The summed E-state index contributed by atoms with van der Waals surface area (Å²) in [6.07, 6.45) is 3.02. The van der Waals surface area contributed by atoms with E-state index in [9.17, 15) is 4.39 Å². The molecule has 0 radical (unpaired) electrons. The number of nitrogens with zero attached hydrogens (tertiary/aromatic N) is 2. The van der Waals surface area contributed by atoms with Crippen molar-refractivity contribution in [3.05, 3.63) is 24.0 Å². The van der Waals surface area contributed by atoms with Gasteiger partial charge in [0.25, 0.3) is 0 Å². The minimum Gasteiger partial charge on any atom is -0.375 e. The van der Waals surface area contributed by atoms with Gasteiger partial charge in [-0.3, -0.25) is 0 Å². The maximum absolute atomic E-state index is 13.7. The lowest BCUT2D eigenvalue weighted by Crippen LogP contribution is -3.03. The van der Waals surface area contributed by atoms with E-state index in [0.29, 0.717) is 22.8 Å². The zero-order chi connectivity index (χ0) is 12.1. The molecule has 0 bridgehead atoms. The normalized spacial score (nSPS) is 11.9. The molecule has 0 saturated heterocycles.